The van der Waals surface area contributed by atoms with Gasteiger partial charge in [-0.15, -0.1) is 12.4 Å². The van der Waals surface area contributed by atoms with Crippen molar-refractivity contribution < 1.29 is 9.18 Å². The fourth-order valence-electron chi connectivity index (χ4n) is 2.69. The van der Waals surface area contributed by atoms with E-state index >= 15 is 0 Å². The van der Waals surface area contributed by atoms with Crippen molar-refractivity contribution >= 4 is 35.8 Å². The molecule has 7 heteroatoms. The zero-order valence-corrected chi connectivity index (χ0v) is 15.0. The summed E-state index contributed by atoms with van der Waals surface area (Å²) in [5.74, 6) is 0.567. The molecular formula is C16H25ClFN3OS. The van der Waals surface area contributed by atoms with Gasteiger partial charge < -0.3 is 16.0 Å². The van der Waals surface area contributed by atoms with Crippen LogP contribution in [-0.4, -0.2) is 43.1 Å². The summed E-state index contributed by atoms with van der Waals surface area (Å²) >= 11 is 1.69. The van der Waals surface area contributed by atoms with Gasteiger partial charge in [-0.1, -0.05) is 6.07 Å². The normalized spacial score (nSPS) is 18.9. The molecule has 1 aliphatic heterocycles. The van der Waals surface area contributed by atoms with Crippen LogP contribution in [0.25, 0.3) is 0 Å². The molecule has 1 amide bonds. The fourth-order valence-corrected chi connectivity index (χ4v) is 3.18. The number of benzene rings is 1. The van der Waals surface area contributed by atoms with Gasteiger partial charge in [0.1, 0.15) is 5.82 Å². The van der Waals surface area contributed by atoms with Gasteiger partial charge in [0, 0.05) is 24.8 Å². The van der Waals surface area contributed by atoms with E-state index < -0.39 is 6.04 Å². The summed E-state index contributed by atoms with van der Waals surface area (Å²) < 4.78 is 13.3. The average molecular weight is 362 g/mol. The molecule has 130 valence electrons. The molecule has 4 nitrogen and oxygen atoms in total. The van der Waals surface area contributed by atoms with Crippen molar-refractivity contribution in [2.75, 3.05) is 30.0 Å². The number of hydrogen-bond acceptors (Lipinski definition) is 4. The molecule has 0 radical (unpaired) electrons. The van der Waals surface area contributed by atoms with Crippen LogP contribution in [0.15, 0.2) is 24.3 Å². The predicted molar refractivity (Wildman–Crippen MR) is 98.0 cm³/mol. The molecule has 1 heterocycles. The molecule has 1 fully saturated rings. The topological polar surface area (TPSA) is 58.4 Å². The summed E-state index contributed by atoms with van der Waals surface area (Å²) in [5, 5.41) is 3.03. The molecular weight excluding hydrogens is 337 g/mol. The molecule has 0 spiro atoms. The zero-order valence-electron chi connectivity index (χ0n) is 13.3. The minimum Gasteiger partial charge on any atom is -0.369 e. The maximum atomic E-state index is 13.3. The van der Waals surface area contributed by atoms with Gasteiger partial charge in [-0.3, -0.25) is 4.79 Å². The second-order valence-electron chi connectivity index (χ2n) is 5.66. The Morgan fingerprint density at radius 3 is 3.04 bits per heavy atom. The molecule has 1 unspecified atom stereocenters. The number of rotatable bonds is 6. The fraction of sp³-hybridized carbons (Fsp3) is 0.562. The van der Waals surface area contributed by atoms with E-state index in [1.807, 2.05) is 12.3 Å². The molecule has 1 aromatic rings. The predicted octanol–water partition coefficient (Wildman–Crippen LogP) is 2.41. The van der Waals surface area contributed by atoms with Crippen molar-refractivity contribution in [1.29, 1.82) is 0 Å². The number of nitrogens with zero attached hydrogens (tertiary/aromatic N) is 1. The Morgan fingerprint density at radius 1 is 1.57 bits per heavy atom. The van der Waals surface area contributed by atoms with Crippen molar-refractivity contribution in [1.82, 2.24) is 5.32 Å². The first-order chi connectivity index (χ1) is 10.6. The highest BCUT2D eigenvalue weighted by Gasteiger charge is 2.23. The smallest absolute Gasteiger partial charge is 0.237 e. The van der Waals surface area contributed by atoms with Crippen molar-refractivity contribution in [3.8, 4) is 0 Å². The van der Waals surface area contributed by atoms with E-state index in [0.717, 1.165) is 30.8 Å². The van der Waals surface area contributed by atoms with E-state index in [1.54, 1.807) is 17.8 Å². The van der Waals surface area contributed by atoms with E-state index in [0.29, 0.717) is 13.0 Å². The van der Waals surface area contributed by atoms with Gasteiger partial charge in [0.15, 0.2) is 0 Å². The summed E-state index contributed by atoms with van der Waals surface area (Å²) in [6.07, 6.45) is 4.60. The molecule has 0 saturated carbocycles. The van der Waals surface area contributed by atoms with E-state index in [-0.39, 0.29) is 30.2 Å². The van der Waals surface area contributed by atoms with E-state index in [1.165, 1.54) is 12.1 Å². The van der Waals surface area contributed by atoms with Crippen LogP contribution >= 0.6 is 24.2 Å². The molecule has 0 aromatic heterocycles. The number of piperidine rings is 1. The number of nitrogens with one attached hydrogen (secondary N) is 1. The number of carbonyl (C=O) groups is 1. The van der Waals surface area contributed by atoms with Gasteiger partial charge in [0.25, 0.3) is 0 Å². The SMILES string of the molecule is CSCC[C@H](N)C(=O)NC1CCCN(c2cccc(F)c2)C1.Cl. The summed E-state index contributed by atoms with van der Waals surface area (Å²) in [6, 6.07) is 6.22. The van der Waals surface area contributed by atoms with Crippen LogP contribution in [0, 0.1) is 5.82 Å². The summed E-state index contributed by atoms with van der Waals surface area (Å²) in [6.45, 7) is 1.58. The molecule has 0 aliphatic carbocycles. The van der Waals surface area contributed by atoms with Crippen LogP contribution in [0.1, 0.15) is 19.3 Å². The minimum absolute atomic E-state index is 0. The Kier molecular flexibility index (Phi) is 8.73. The minimum atomic E-state index is -0.447. The molecule has 1 aromatic carbocycles. The van der Waals surface area contributed by atoms with Gasteiger partial charge in [-0.05, 0) is 49.5 Å². The lowest BCUT2D eigenvalue weighted by Gasteiger charge is -2.35. The third kappa shape index (κ3) is 6.20. The molecule has 0 bridgehead atoms. The van der Waals surface area contributed by atoms with Crippen LogP contribution in [-0.2, 0) is 4.79 Å². The highest BCUT2D eigenvalue weighted by Crippen LogP contribution is 2.20. The molecule has 3 N–H and O–H groups in total. The van der Waals surface area contributed by atoms with Gasteiger partial charge in [0.2, 0.25) is 5.91 Å². The highest BCUT2D eigenvalue weighted by atomic mass is 35.5. The number of halogens is 2. The standard InChI is InChI=1S/C16H24FN3OS.ClH/c1-22-9-7-15(18)16(21)19-13-5-3-8-20(11-13)14-6-2-4-12(17)10-14;/h2,4,6,10,13,15H,3,5,7-9,11,18H2,1H3,(H,19,21);1H/t13?,15-;/m0./s1. The van der Waals surface area contributed by atoms with Crippen LogP contribution in [0.5, 0.6) is 0 Å². The number of hydrogen-bond donors (Lipinski definition) is 2. The number of nitrogens with two attached hydrogens (primary N) is 1. The van der Waals surface area contributed by atoms with Crippen molar-refractivity contribution in [3.63, 3.8) is 0 Å². The Bertz CT molecular complexity index is 506. The van der Waals surface area contributed by atoms with Crippen molar-refractivity contribution in [2.45, 2.75) is 31.3 Å². The van der Waals surface area contributed by atoms with E-state index in [9.17, 15) is 9.18 Å². The first-order valence-corrected chi connectivity index (χ1v) is 9.05. The van der Waals surface area contributed by atoms with Gasteiger partial charge >= 0.3 is 0 Å². The van der Waals surface area contributed by atoms with Gasteiger partial charge in [0.05, 0.1) is 6.04 Å². The Morgan fingerprint density at radius 2 is 2.35 bits per heavy atom. The highest BCUT2D eigenvalue weighted by molar-refractivity contribution is 7.98. The summed E-state index contributed by atoms with van der Waals surface area (Å²) in [7, 11) is 0. The Labute approximate surface area is 147 Å². The maximum Gasteiger partial charge on any atom is 0.237 e. The largest absolute Gasteiger partial charge is 0.369 e. The van der Waals surface area contributed by atoms with Crippen LogP contribution < -0.4 is 16.0 Å². The first-order valence-electron chi connectivity index (χ1n) is 7.65. The lowest BCUT2D eigenvalue weighted by Crippen LogP contribution is -2.52. The molecule has 1 saturated heterocycles. The summed E-state index contributed by atoms with van der Waals surface area (Å²) in [5.41, 5.74) is 6.76. The molecule has 23 heavy (non-hydrogen) atoms. The number of thioether (sulfide) groups is 1. The van der Waals surface area contributed by atoms with Gasteiger partial charge in [-0.2, -0.15) is 11.8 Å². The molecule has 1 aliphatic rings. The quantitative estimate of drug-likeness (QED) is 0.817. The zero-order chi connectivity index (χ0) is 15.9. The van der Waals surface area contributed by atoms with E-state index in [2.05, 4.69) is 10.2 Å². The second-order valence-corrected chi connectivity index (χ2v) is 6.65. The molecule has 2 rings (SSSR count). The summed E-state index contributed by atoms with van der Waals surface area (Å²) in [4.78, 5) is 14.2. The number of carbonyl (C=O) groups excluding carboxylic acids is 1. The van der Waals surface area contributed by atoms with Crippen LogP contribution in [0.3, 0.4) is 0 Å². The Balaban J connectivity index is 0.00000264. The van der Waals surface area contributed by atoms with Gasteiger partial charge in [-0.25, -0.2) is 4.39 Å². The lowest BCUT2D eigenvalue weighted by atomic mass is 10.0. The van der Waals surface area contributed by atoms with Crippen LogP contribution in [0.2, 0.25) is 0 Å². The third-order valence-corrected chi connectivity index (χ3v) is 4.55. The number of anilines is 1. The number of amides is 1. The third-order valence-electron chi connectivity index (χ3n) is 3.91. The van der Waals surface area contributed by atoms with Crippen molar-refractivity contribution in [3.05, 3.63) is 30.1 Å². The second kappa shape index (κ2) is 10.0. The first kappa shape index (κ1) is 20.1. The Hall–Kier alpha value is -0.980. The lowest BCUT2D eigenvalue weighted by molar-refractivity contribution is -0.123. The monoisotopic (exact) mass is 361 g/mol. The van der Waals surface area contributed by atoms with Crippen molar-refractivity contribution in [2.24, 2.45) is 5.73 Å². The maximum absolute atomic E-state index is 13.3. The van der Waals surface area contributed by atoms with E-state index in [4.69, 9.17) is 5.73 Å². The molecule has 2 atom stereocenters. The van der Waals surface area contributed by atoms with Crippen LogP contribution in [0.4, 0.5) is 10.1 Å². The average Bonchev–Trinajstić information content (AvgIpc) is 2.52.